The first-order valence-electron chi connectivity index (χ1n) is 5.39. The number of nitrogens with zero attached hydrogens (tertiary/aromatic N) is 1. The van der Waals surface area contributed by atoms with E-state index in [2.05, 4.69) is 6.58 Å². The van der Waals surface area contributed by atoms with Crippen LogP contribution in [0.4, 0.5) is 4.79 Å². The lowest BCUT2D eigenvalue weighted by Crippen LogP contribution is -2.38. The predicted molar refractivity (Wildman–Crippen MR) is 57.9 cm³/mol. The molecule has 0 spiro atoms. The van der Waals surface area contributed by atoms with Gasteiger partial charge in [0, 0.05) is 6.04 Å². The highest BCUT2D eigenvalue weighted by atomic mass is 16.6. The van der Waals surface area contributed by atoms with Crippen LogP contribution in [0, 0.1) is 0 Å². The van der Waals surface area contributed by atoms with Crippen molar-refractivity contribution in [2.45, 2.75) is 25.8 Å². The van der Waals surface area contributed by atoms with Crippen LogP contribution >= 0.6 is 0 Å². The van der Waals surface area contributed by atoms with Crippen molar-refractivity contribution in [2.75, 3.05) is 19.8 Å². The largest absolute Gasteiger partial charge is 0.465 e. The van der Waals surface area contributed by atoms with Crippen LogP contribution in [0.15, 0.2) is 12.7 Å². The maximum atomic E-state index is 11.6. The first kappa shape index (κ1) is 12.5. The topological polar surface area (TPSA) is 55.8 Å². The summed E-state index contributed by atoms with van der Waals surface area (Å²) in [5.41, 5.74) is 0. The normalized spacial score (nSPS) is 14.1. The molecule has 5 nitrogen and oxygen atoms in total. The van der Waals surface area contributed by atoms with Crippen molar-refractivity contribution in [3.8, 4) is 0 Å². The van der Waals surface area contributed by atoms with Crippen LogP contribution in [0.1, 0.15) is 19.8 Å². The Kier molecular flexibility index (Phi) is 4.82. The molecule has 0 atom stereocenters. The summed E-state index contributed by atoms with van der Waals surface area (Å²) in [6.45, 7) is 5.63. The fraction of sp³-hybridized carbons (Fsp3) is 0.636. The third-order valence-corrected chi connectivity index (χ3v) is 2.15. The number of carbonyl (C=O) groups excluding carboxylic acids is 2. The standard InChI is InChI=1S/C11H17NO4/c1-3-7-16-11(14)12(9-5-6-9)8-10(13)15-4-2/h3,9H,1,4-8H2,2H3. The molecule has 1 aliphatic carbocycles. The number of hydrogen-bond acceptors (Lipinski definition) is 4. The van der Waals surface area contributed by atoms with E-state index in [4.69, 9.17) is 9.47 Å². The number of carbonyl (C=O) groups is 2. The van der Waals surface area contributed by atoms with Crippen molar-refractivity contribution in [1.82, 2.24) is 4.90 Å². The number of esters is 1. The van der Waals surface area contributed by atoms with Gasteiger partial charge >= 0.3 is 12.1 Å². The van der Waals surface area contributed by atoms with Crippen molar-refractivity contribution in [3.63, 3.8) is 0 Å². The second-order valence-corrected chi connectivity index (χ2v) is 3.53. The van der Waals surface area contributed by atoms with Gasteiger partial charge in [0.2, 0.25) is 0 Å². The maximum Gasteiger partial charge on any atom is 0.410 e. The summed E-state index contributed by atoms with van der Waals surface area (Å²) < 4.78 is 9.69. The van der Waals surface area contributed by atoms with Crippen LogP contribution in [0.25, 0.3) is 0 Å². The lowest BCUT2D eigenvalue weighted by atomic mass is 10.5. The maximum absolute atomic E-state index is 11.6. The third kappa shape index (κ3) is 3.92. The zero-order chi connectivity index (χ0) is 12.0. The molecule has 1 aliphatic rings. The summed E-state index contributed by atoms with van der Waals surface area (Å²) in [6.07, 6.45) is 2.86. The van der Waals surface area contributed by atoms with Crippen molar-refractivity contribution in [1.29, 1.82) is 0 Å². The Morgan fingerprint density at radius 2 is 2.12 bits per heavy atom. The molecule has 16 heavy (non-hydrogen) atoms. The fourth-order valence-electron chi connectivity index (χ4n) is 1.29. The van der Waals surface area contributed by atoms with Gasteiger partial charge in [-0.15, -0.1) is 0 Å². The predicted octanol–water partition coefficient (Wildman–Crippen LogP) is 1.34. The summed E-state index contributed by atoms with van der Waals surface area (Å²) in [4.78, 5) is 24.3. The zero-order valence-electron chi connectivity index (χ0n) is 9.48. The summed E-state index contributed by atoms with van der Waals surface area (Å²) in [5, 5.41) is 0. The monoisotopic (exact) mass is 227 g/mol. The van der Waals surface area contributed by atoms with E-state index in [1.807, 2.05) is 0 Å². The SMILES string of the molecule is C=CCOC(=O)N(CC(=O)OCC)C1CC1. The van der Waals surface area contributed by atoms with Crippen LogP contribution in [0.3, 0.4) is 0 Å². The lowest BCUT2D eigenvalue weighted by Gasteiger charge is -2.20. The fourth-order valence-corrected chi connectivity index (χ4v) is 1.29. The highest BCUT2D eigenvalue weighted by molar-refractivity contribution is 5.78. The lowest BCUT2D eigenvalue weighted by molar-refractivity contribution is -0.144. The Hall–Kier alpha value is -1.52. The molecule has 5 heteroatoms. The molecule has 0 radical (unpaired) electrons. The molecule has 0 saturated heterocycles. The Labute approximate surface area is 95.0 Å². The van der Waals surface area contributed by atoms with Gasteiger partial charge in [0.15, 0.2) is 0 Å². The molecule has 0 N–H and O–H groups in total. The third-order valence-electron chi connectivity index (χ3n) is 2.15. The van der Waals surface area contributed by atoms with E-state index in [0.717, 1.165) is 12.8 Å². The average Bonchev–Trinajstić information content (AvgIpc) is 3.06. The first-order valence-corrected chi connectivity index (χ1v) is 5.39. The molecule has 1 saturated carbocycles. The number of hydrogen-bond donors (Lipinski definition) is 0. The minimum absolute atomic E-state index is 0.0333. The minimum atomic E-state index is -0.476. The number of rotatable bonds is 6. The first-order chi connectivity index (χ1) is 7.69. The molecule has 0 unspecified atom stereocenters. The molecule has 0 aromatic carbocycles. The molecule has 90 valence electrons. The number of amides is 1. The van der Waals surface area contributed by atoms with E-state index in [0.29, 0.717) is 6.61 Å². The van der Waals surface area contributed by atoms with E-state index in [-0.39, 0.29) is 19.2 Å². The van der Waals surface area contributed by atoms with Gasteiger partial charge in [-0.25, -0.2) is 4.79 Å². The van der Waals surface area contributed by atoms with Gasteiger partial charge in [0.25, 0.3) is 0 Å². The van der Waals surface area contributed by atoms with Crippen molar-refractivity contribution >= 4 is 12.1 Å². The highest BCUT2D eigenvalue weighted by Gasteiger charge is 2.35. The van der Waals surface area contributed by atoms with E-state index in [9.17, 15) is 9.59 Å². The smallest absolute Gasteiger partial charge is 0.410 e. The molecule has 0 aromatic rings. The minimum Gasteiger partial charge on any atom is -0.465 e. The van der Waals surface area contributed by atoms with Crippen LogP contribution in [-0.4, -0.2) is 42.8 Å². The molecule has 0 heterocycles. The second kappa shape index (κ2) is 6.15. The Morgan fingerprint density at radius 1 is 1.44 bits per heavy atom. The summed E-state index contributed by atoms with van der Waals surface area (Å²) in [6, 6.07) is 0.127. The molecule has 0 aromatic heterocycles. The highest BCUT2D eigenvalue weighted by Crippen LogP contribution is 2.27. The number of ether oxygens (including phenoxy) is 2. The van der Waals surface area contributed by atoms with Crippen LogP contribution in [0.5, 0.6) is 0 Å². The van der Waals surface area contributed by atoms with Gasteiger partial charge in [0.1, 0.15) is 13.2 Å². The zero-order valence-corrected chi connectivity index (χ0v) is 9.48. The molecule has 0 aliphatic heterocycles. The van der Waals surface area contributed by atoms with Gasteiger partial charge in [-0.05, 0) is 19.8 Å². The Balaban J connectivity index is 2.43. The Morgan fingerprint density at radius 3 is 2.62 bits per heavy atom. The van der Waals surface area contributed by atoms with E-state index in [1.54, 1.807) is 6.92 Å². The summed E-state index contributed by atoms with van der Waals surface area (Å²) in [7, 11) is 0. The van der Waals surface area contributed by atoms with E-state index in [1.165, 1.54) is 11.0 Å². The van der Waals surface area contributed by atoms with Crippen LogP contribution < -0.4 is 0 Å². The molecular weight excluding hydrogens is 210 g/mol. The van der Waals surface area contributed by atoms with Gasteiger partial charge in [-0.2, -0.15) is 0 Å². The summed E-state index contributed by atoms with van der Waals surface area (Å²) in [5.74, 6) is -0.398. The quantitative estimate of drug-likeness (QED) is 0.507. The molecule has 0 bridgehead atoms. The summed E-state index contributed by atoms with van der Waals surface area (Å²) >= 11 is 0. The average molecular weight is 227 g/mol. The van der Waals surface area contributed by atoms with Crippen molar-refractivity contribution < 1.29 is 19.1 Å². The van der Waals surface area contributed by atoms with Crippen molar-refractivity contribution in [3.05, 3.63) is 12.7 Å². The second-order valence-electron chi connectivity index (χ2n) is 3.53. The van der Waals surface area contributed by atoms with Gasteiger partial charge < -0.3 is 9.47 Å². The molecular formula is C11H17NO4. The van der Waals surface area contributed by atoms with Gasteiger partial charge in [-0.1, -0.05) is 12.7 Å². The van der Waals surface area contributed by atoms with Crippen molar-refractivity contribution in [2.24, 2.45) is 0 Å². The molecule has 1 rings (SSSR count). The molecule has 1 fully saturated rings. The Bertz CT molecular complexity index is 273. The van der Waals surface area contributed by atoms with E-state index >= 15 is 0 Å². The van der Waals surface area contributed by atoms with Gasteiger partial charge in [-0.3, -0.25) is 9.69 Å². The van der Waals surface area contributed by atoms with Crippen LogP contribution in [0.2, 0.25) is 0 Å². The van der Waals surface area contributed by atoms with Gasteiger partial charge in [0.05, 0.1) is 6.61 Å². The molecule has 1 amide bonds. The van der Waals surface area contributed by atoms with Crippen LogP contribution in [-0.2, 0) is 14.3 Å². The van der Waals surface area contributed by atoms with E-state index < -0.39 is 12.1 Å².